The molecular formula is C21H22N2O4S2. The van der Waals surface area contributed by atoms with Gasteiger partial charge >= 0.3 is 0 Å². The van der Waals surface area contributed by atoms with Crippen LogP contribution in [-0.4, -0.2) is 33.4 Å². The Morgan fingerprint density at radius 3 is 2.45 bits per heavy atom. The minimum Gasteiger partial charge on any atom is -0.497 e. The molecule has 0 fully saturated rings. The number of ether oxygens (including phenoxy) is 1. The van der Waals surface area contributed by atoms with Crippen LogP contribution in [0.5, 0.6) is 5.75 Å². The molecule has 3 aromatic rings. The fraction of sp³-hybridized carbons (Fsp3) is 0.190. The zero-order chi connectivity index (χ0) is 21.0. The Morgan fingerprint density at radius 2 is 1.83 bits per heavy atom. The van der Waals surface area contributed by atoms with Gasteiger partial charge in [-0.3, -0.25) is 9.52 Å². The molecule has 1 N–H and O–H groups in total. The minimum absolute atomic E-state index is 0.0244. The molecule has 0 aliphatic heterocycles. The molecular weight excluding hydrogens is 408 g/mol. The molecule has 152 valence electrons. The first-order valence-electron chi connectivity index (χ1n) is 8.89. The van der Waals surface area contributed by atoms with Crippen molar-refractivity contribution in [1.29, 1.82) is 0 Å². The van der Waals surface area contributed by atoms with Gasteiger partial charge in [0.15, 0.2) is 0 Å². The number of methoxy groups -OCH3 is 1. The van der Waals surface area contributed by atoms with Crippen LogP contribution >= 0.6 is 11.3 Å². The van der Waals surface area contributed by atoms with Crippen LogP contribution in [0.1, 0.15) is 28.2 Å². The number of thiophene rings is 1. The summed E-state index contributed by atoms with van der Waals surface area (Å²) in [5, 5.41) is 1.96. The highest BCUT2D eigenvalue weighted by molar-refractivity contribution is 7.92. The molecule has 8 heteroatoms. The predicted octanol–water partition coefficient (Wildman–Crippen LogP) is 4.39. The van der Waals surface area contributed by atoms with E-state index in [9.17, 15) is 13.2 Å². The zero-order valence-corrected chi connectivity index (χ0v) is 18.0. The fourth-order valence-corrected chi connectivity index (χ4v) is 4.70. The molecule has 0 saturated heterocycles. The van der Waals surface area contributed by atoms with Crippen LogP contribution < -0.4 is 9.46 Å². The van der Waals surface area contributed by atoms with E-state index in [-0.39, 0.29) is 16.8 Å². The number of hydrogen-bond acceptors (Lipinski definition) is 5. The Balaban J connectivity index is 1.81. The molecule has 2 aromatic carbocycles. The van der Waals surface area contributed by atoms with Crippen LogP contribution in [0, 0.1) is 0 Å². The lowest BCUT2D eigenvalue weighted by Crippen LogP contribution is -2.29. The van der Waals surface area contributed by atoms with E-state index in [1.165, 1.54) is 19.2 Å². The van der Waals surface area contributed by atoms with Gasteiger partial charge < -0.3 is 9.64 Å². The second kappa shape index (κ2) is 8.67. The van der Waals surface area contributed by atoms with E-state index in [4.69, 9.17) is 4.74 Å². The fourth-order valence-electron chi connectivity index (χ4n) is 2.77. The van der Waals surface area contributed by atoms with E-state index in [0.717, 1.165) is 4.88 Å². The summed E-state index contributed by atoms with van der Waals surface area (Å²) in [6.07, 6.45) is 0. The van der Waals surface area contributed by atoms with Gasteiger partial charge in [-0.2, -0.15) is 0 Å². The molecule has 0 aliphatic carbocycles. The van der Waals surface area contributed by atoms with Crippen molar-refractivity contribution in [3.8, 4) is 5.75 Å². The summed E-state index contributed by atoms with van der Waals surface area (Å²) < 4.78 is 33.1. The van der Waals surface area contributed by atoms with Crippen LogP contribution in [0.25, 0.3) is 0 Å². The van der Waals surface area contributed by atoms with Crippen LogP contribution in [0.2, 0.25) is 0 Å². The van der Waals surface area contributed by atoms with Gasteiger partial charge in [-0.15, -0.1) is 11.3 Å². The number of benzene rings is 2. The Bertz CT molecular complexity index is 1080. The maximum atomic E-state index is 12.9. The van der Waals surface area contributed by atoms with Gasteiger partial charge in [0.1, 0.15) is 5.75 Å². The number of sulfonamides is 1. The molecule has 1 amide bonds. The number of carbonyl (C=O) groups is 1. The Morgan fingerprint density at radius 1 is 1.10 bits per heavy atom. The van der Waals surface area contributed by atoms with Gasteiger partial charge in [-0.1, -0.05) is 12.1 Å². The molecule has 0 saturated carbocycles. The van der Waals surface area contributed by atoms with E-state index >= 15 is 0 Å². The lowest BCUT2D eigenvalue weighted by molar-refractivity contribution is 0.0744. The number of amides is 1. The summed E-state index contributed by atoms with van der Waals surface area (Å²) >= 11 is 1.57. The Labute approximate surface area is 174 Å². The highest BCUT2D eigenvalue weighted by Gasteiger charge is 2.22. The summed E-state index contributed by atoms with van der Waals surface area (Å²) in [6, 6.07) is 16.4. The number of nitrogens with one attached hydrogen (secondary N) is 1. The molecule has 0 bridgehead atoms. The number of carbonyl (C=O) groups excluding carboxylic acids is 1. The summed E-state index contributed by atoms with van der Waals surface area (Å²) in [4.78, 5) is 15.6. The monoisotopic (exact) mass is 430 g/mol. The van der Waals surface area contributed by atoms with Crippen LogP contribution in [0.15, 0.2) is 70.9 Å². The second-order valence-electron chi connectivity index (χ2n) is 6.47. The van der Waals surface area contributed by atoms with Crippen molar-refractivity contribution < 1.29 is 17.9 Å². The van der Waals surface area contributed by atoms with Crippen molar-refractivity contribution in [3.05, 3.63) is 76.5 Å². The van der Waals surface area contributed by atoms with Gasteiger partial charge in [0, 0.05) is 23.2 Å². The summed E-state index contributed by atoms with van der Waals surface area (Å²) in [5.74, 6) is 0.385. The minimum atomic E-state index is -3.84. The first-order valence-corrected chi connectivity index (χ1v) is 11.3. The molecule has 0 radical (unpaired) electrons. The molecule has 0 aliphatic rings. The highest BCUT2D eigenvalue weighted by Crippen LogP contribution is 2.26. The second-order valence-corrected chi connectivity index (χ2v) is 9.13. The number of nitrogens with zero attached hydrogens (tertiary/aromatic N) is 1. The molecule has 0 spiro atoms. The number of anilines is 1. The predicted molar refractivity (Wildman–Crippen MR) is 115 cm³/mol. The molecule has 6 nitrogen and oxygen atoms in total. The molecule has 29 heavy (non-hydrogen) atoms. The van der Waals surface area contributed by atoms with Gasteiger partial charge in [0.25, 0.3) is 15.9 Å². The Hall–Kier alpha value is -2.84. The van der Waals surface area contributed by atoms with Crippen LogP contribution in [0.3, 0.4) is 0 Å². The third-order valence-electron chi connectivity index (χ3n) is 4.59. The normalized spacial score (nSPS) is 12.2. The largest absolute Gasteiger partial charge is 0.497 e. The van der Waals surface area contributed by atoms with Crippen molar-refractivity contribution in [1.82, 2.24) is 4.90 Å². The molecule has 1 aromatic heterocycles. The van der Waals surface area contributed by atoms with E-state index in [2.05, 4.69) is 4.72 Å². The van der Waals surface area contributed by atoms with Gasteiger partial charge in [0.05, 0.1) is 18.0 Å². The van der Waals surface area contributed by atoms with Crippen molar-refractivity contribution in [2.45, 2.75) is 17.9 Å². The number of rotatable bonds is 7. The standard InChI is InChI=1S/C21H22N2O4S2/c1-15(20-8-5-13-28-20)23(2)21(24)16-6-4-7-19(14-16)29(25,26)22-17-9-11-18(27-3)12-10-17/h4-15,22H,1-3H3. The van der Waals surface area contributed by atoms with Crippen LogP contribution in [-0.2, 0) is 10.0 Å². The lowest BCUT2D eigenvalue weighted by Gasteiger charge is -2.24. The third-order valence-corrected chi connectivity index (χ3v) is 7.01. The van der Waals surface area contributed by atoms with Crippen molar-refractivity contribution in [2.24, 2.45) is 0 Å². The molecule has 3 rings (SSSR count). The van der Waals surface area contributed by atoms with Gasteiger partial charge in [-0.25, -0.2) is 8.42 Å². The first kappa shape index (κ1) is 20.9. The van der Waals surface area contributed by atoms with E-state index < -0.39 is 10.0 Å². The first-order chi connectivity index (χ1) is 13.8. The molecule has 1 heterocycles. The lowest BCUT2D eigenvalue weighted by atomic mass is 10.1. The van der Waals surface area contributed by atoms with E-state index in [1.807, 2.05) is 24.4 Å². The average Bonchev–Trinajstić information content (AvgIpc) is 3.27. The number of hydrogen-bond donors (Lipinski definition) is 1. The summed E-state index contributed by atoms with van der Waals surface area (Å²) in [6.45, 7) is 1.94. The maximum Gasteiger partial charge on any atom is 0.261 e. The smallest absolute Gasteiger partial charge is 0.261 e. The van der Waals surface area contributed by atoms with Gasteiger partial charge in [-0.05, 0) is 60.8 Å². The van der Waals surface area contributed by atoms with E-state index in [1.54, 1.807) is 59.7 Å². The molecule has 1 unspecified atom stereocenters. The summed E-state index contributed by atoms with van der Waals surface area (Å²) in [7, 11) is -0.586. The van der Waals surface area contributed by atoms with Crippen molar-refractivity contribution in [3.63, 3.8) is 0 Å². The zero-order valence-electron chi connectivity index (χ0n) is 16.3. The van der Waals surface area contributed by atoms with Crippen molar-refractivity contribution >= 4 is 33.0 Å². The van der Waals surface area contributed by atoms with E-state index in [0.29, 0.717) is 17.0 Å². The van der Waals surface area contributed by atoms with Crippen molar-refractivity contribution in [2.75, 3.05) is 18.9 Å². The maximum absolute atomic E-state index is 12.9. The summed E-state index contributed by atoms with van der Waals surface area (Å²) in [5.41, 5.74) is 0.722. The quantitative estimate of drug-likeness (QED) is 0.603. The highest BCUT2D eigenvalue weighted by atomic mass is 32.2. The topological polar surface area (TPSA) is 75.7 Å². The SMILES string of the molecule is COc1ccc(NS(=O)(=O)c2cccc(C(=O)N(C)C(C)c3cccs3)c2)cc1. The van der Waals surface area contributed by atoms with Gasteiger partial charge in [0.2, 0.25) is 0 Å². The third kappa shape index (κ3) is 4.78. The molecule has 1 atom stereocenters. The Kier molecular flexibility index (Phi) is 6.24. The van der Waals surface area contributed by atoms with Crippen LogP contribution in [0.4, 0.5) is 5.69 Å². The average molecular weight is 431 g/mol.